The van der Waals surface area contributed by atoms with E-state index in [1.165, 1.54) is 0 Å². The average Bonchev–Trinajstić information content (AvgIpc) is 2.75. The predicted molar refractivity (Wildman–Crippen MR) is 82.2 cm³/mol. The maximum Gasteiger partial charge on any atom is 0.178 e. The lowest BCUT2D eigenvalue weighted by atomic mass is 9.94. The van der Waals surface area contributed by atoms with E-state index in [4.69, 9.17) is 12.2 Å². The zero-order valence-corrected chi connectivity index (χ0v) is 12.6. The molecule has 0 aliphatic carbocycles. The highest BCUT2D eigenvalue weighted by atomic mass is 32.1. The van der Waals surface area contributed by atoms with Crippen LogP contribution in [0, 0.1) is 22.0 Å². The van der Waals surface area contributed by atoms with Gasteiger partial charge in [0.25, 0.3) is 0 Å². The van der Waals surface area contributed by atoms with Gasteiger partial charge in [-0.05, 0) is 50.3 Å². The molecule has 0 saturated carbocycles. The number of nitriles is 1. The molecule has 2 unspecified atom stereocenters. The summed E-state index contributed by atoms with van der Waals surface area (Å²) in [6, 6.07) is 8.45. The topological polar surface area (TPSA) is 47.8 Å². The van der Waals surface area contributed by atoms with Crippen LogP contribution in [-0.4, -0.2) is 34.6 Å². The molecule has 2 aromatic rings. The second-order valence-electron chi connectivity index (χ2n) is 5.71. The monoisotopic (exact) mass is 286 g/mol. The summed E-state index contributed by atoms with van der Waals surface area (Å²) in [6.07, 6.45) is 1.09. The van der Waals surface area contributed by atoms with E-state index in [1.54, 1.807) is 0 Å². The highest BCUT2D eigenvalue weighted by molar-refractivity contribution is 7.71. The fraction of sp³-hybridized carbons (Fsp3) is 0.467. The van der Waals surface area contributed by atoms with Crippen LogP contribution in [0.15, 0.2) is 18.2 Å². The molecule has 1 aliphatic rings. The Labute approximate surface area is 123 Å². The number of H-pyrrole nitrogens is 1. The number of nitrogens with zero attached hydrogens (tertiary/aromatic N) is 3. The van der Waals surface area contributed by atoms with E-state index in [0.717, 1.165) is 35.3 Å². The Morgan fingerprint density at radius 1 is 1.45 bits per heavy atom. The molecular weight excluding hydrogens is 268 g/mol. The number of aromatic amines is 1. The van der Waals surface area contributed by atoms with Gasteiger partial charge in [-0.3, -0.25) is 0 Å². The van der Waals surface area contributed by atoms with Crippen LogP contribution in [0.3, 0.4) is 0 Å². The van der Waals surface area contributed by atoms with Crippen LogP contribution in [0.1, 0.15) is 24.9 Å². The number of imidazole rings is 1. The molecular formula is C15H18N4S. The second kappa shape index (κ2) is 5.04. The Hall–Kier alpha value is -1.64. The predicted octanol–water partition coefficient (Wildman–Crippen LogP) is 3.08. The normalized spacial score (nSPS) is 23.9. The molecule has 0 bridgehead atoms. The van der Waals surface area contributed by atoms with Gasteiger partial charge in [0.15, 0.2) is 4.77 Å². The number of para-hydroxylation sites is 1. The third kappa shape index (κ3) is 2.05. The van der Waals surface area contributed by atoms with Gasteiger partial charge in [-0.2, -0.15) is 5.26 Å². The van der Waals surface area contributed by atoms with Crippen LogP contribution >= 0.6 is 12.2 Å². The number of benzene rings is 1. The maximum atomic E-state index is 9.21. The molecule has 0 amide bonds. The summed E-state index contributed by atoms with van der Waals surface area (Å²) < 4.78 is 2.94. The summed E-state index contributed by atoms with van der Waals surface area (Å²) in [7, 11) is 2.16. The van der Waals surface area contributed by atoms with Gasteiger partial charge in [-0.25, -0.2) is 0 Å². The lowest BCUT2D eigenvalue weighted by Crippen LogP contribution is -2.37. The minimum absolute atomic E-state index is 0.404. The lowest BCUT2D eigenvalue weighted by molar-refractivity contribution is 0.160. The van der Waals surface area contributed by atoms with Crippen LogP contribution in [0.5, 0.6) is 0 Å². The molecule has 0 spiro atoms. The van der Waals surface area contributed by atoms with Crippen molar-refractivity contribution in [2.45, 2.75) is 19.4 Å². The highest BCUT2D eigenvalue weighted by Crippen LogP contribution is 2.31. The van der Waals surface area contributed by atoms with Crippen molar-refractivity contribution >= 4 is 23.3 Å². The number of fused-ring (bicyclic) bond motifs is 1. The van der Waals surface area contributed by atoms with Gasteiger partial charge < -0.3 is 14.5 Å². The molecule has 2 heterocycles. The zero-order valence-electron chi connectivity index (χ0n) is 11.8. The van der Waals surface area contributed by atoms with Gasteiger partial charge in [0.2, 0.25) is 0 Å². The van der Waals surface area contributed by atoms with Crippen molar-refractivity contribution in [2.75, 3.05) is 20.1 Å². The standard InChI is InChI=1S/C15H18N4S/c1-10-9-18(2)7-6-12(10)19-13-5-3-4-11(8-16)14(13)17-15(19)20/h3-5,10,12H,6-7,9H2,1-2H3,(H,17,20). The quantitative estimate of drug-likeness (QED) is 0.820. The summed E-state index contributed by atoms with van der Waals surface area (Å²) in [6.45, 7) is 4.44. The first-order chi connectivity index (χ1) is 9.61. The van der Waals surface area contributed by atoms with Crippen LogP contribution in [0.25, 0.3) is 11.0 Å². The summed E-state index contributed by atoms with van der Waals surface area (Å²) in [4.78, 5) is 5.58. The largest absolute Gasteiger partial charge is 0.329 e. The smallest absolute Gasteiger partial charge is 0.178 e. The molecule has 1 N–H and O–H groups in total. The molecule has 3 rings (SSSR count). The van der Waals surface area contributed by atoms with Crippen molar-refractivity contribution in [3.05, 3.63) is 28.5 Å². The molecule has 5 heteroatoms. The fourth-order valence-electron chi connectivity index (χ4n) is 3.30. The Morgan fingerprint density at radius 2 is 2.25 bits per heavy atom. The molecule has 20 heavy (non-hydrogen) atoms. The minimum atomic E-state index is 0.404. The number of aromatic nitrogens is 2. The van der Waals surface area contributed by atoms with Gasteiger partial charge in [-0.15, -0.1) is 0 Å². The maximum absolute atomic E-state index is 9.21. The van der Waals surface area contributed by atoms with E-state index in [0.29, 0.717) is 17.5 Å². The van der Waals surface area contributed by atoms with E-state index in [2.05, 4.69) is 34.5 Å². The SMILES string of the molecule is CC1CN(C)CCC1n1c(=S)[nH]c2c(C#N)cccc21. The fourth-order valence-corrected chi connectivity index (χ4v) is 3.63. The van der Waals surface area contributed by atoms with Crippen LogP contribution in [0.2, 0.25) is 0 Å². The van der Waals surface area contributed by atoms with Crippen molar-refractivity contribution in [2.24, 2.45) is 5.92 Å². The highest BCUT2D eigenvalue weighted by Gasteiger charge is 2.27. The van der Waals surface area contributed by atoms with Gasteiger partial charge in [0.05, 0.1) is 16.6 Å². The molecule has 1 aliphatic heterocycles. The van der Waals surface area contributed by atoms with Crippen LogP contribution < -0.4 is 0 Å². The molecule has 4 nitrogen and oxygen atoms in total. The Balaban J connectivity index is 2.15. The first-order valence-corrected chi connectivity index (χ1v) is 7.34. The number of likely N-dealkylation sites (tertiary alicyclic amines) is 1. The number of nitrogens with one attached hydrogen (secondary N) is 1. The van der Waals surface area contributed by atoms with Gasteiger partial charge in [-0.1, -0.05) is 13.0 Å². The molecule has 104 valence electrons. The minimum Gasteiger partial charge on any atom is -0.329 e. The average molecular weight is 286 g/mol. The molecule has 1 aromatic heterocycles. The third-order valence-electron chi connectivity index (χ3n) is 4.27. The molecule has 0 radical (unpaired) electrons. The third-order valence-corrected chi connectivity index (χ3v) is 4.57. The van der Waals surface area contributed by atoms with E-state index >= 15 is 0 Å². The number of piperidine rings is 1. The van der Waals surface area contributed by atoms with E-state index in [1.807, 2.05) is 18.2 Å². The lowest BCUT2D eigenvalue weighted by Gasteiger charge is -2.35. The van der Waals surface area contributed by atoms with Crippen molar-refractivity contribution in [3.63, 3.8) is 0 Å². The number of hydrogen-bond acceptors (Lipinski definition) is 3. The van der Waals surface area contributed by atoms with Crippen molar-refractivity contribution in [3.8, 4) is 6.07 Å². The molecule has 1 saturated heterocycles. The van der Waals surface area contributed by atoms with E-state index in [9.17, 15) is 5.26 Å². The van der Waals surface area contributed by atoms with Crippen LogP contribution in [-0.2, 0) is 0 Å². The zero-order chi connectivity index (χ0) is 14.3. The first kappa shape index (κ1) is 13.3. The van der Waals surface area contributed by atoms with E-state index in [-0.39, 0.29) is 0 Å². The number of hydrogen-bond donors (Lipinski definition) is 1. The van der Waals surface area contributed by atoms with Gasteiger partial charge in [0, 0.05) is 12.6 Å². The van der Waals surface area contributed by atoms with Gasteiger partial charge >= 0.3 is 0 Å². The Bertz CT molecular complexity index is 736. The number of rotatable bonds is 1. The summed E-state index contributed by atoms with van der Waals surface area (Å²) in [5.74, 6) is 0.546. The summed E-state index contributed by atoms with van der Waals surface area (Å²) in [5.41, 5.74) is 2.58. The van der Waals surface area contributed by atoms with E-state index < -0.39 is 0 Å². The van der Waals surface area contributed by atoms with Crippen molar-refractivity contribution in [1.29, 1.82) is 5.26 Å². The second-order valence-corrected chi connectivity index (χ2v) is 6.09. The van der Waals surface area contributed by atoms with Crippen molar-refractivity contribution in [1.82, 2.24) is 14.5 Å². The Kier molecular flexibility index (Phi) is 3.36. The first-order valence-electron chi connectivity index (χ1n) is 6.93. The molecule has 2 atom stereocenters. The van der Waals surface area contributed by atoms with Crippen LogP contribution in [0.4, 0.5) is 0 Å². The summed E-state index contributed by atoms with van der Waals surface area (Å²) >= 11 is 5.51. The molecule has 1 fully saturated rings. The van der Waals surface area contributed by atoms with Gasteiger partial charge in [0.1, 0.15) is 6.07 Å². The Morgan fingerprint density at radius 3 is 2.95 bits per heavy atom. The van der Waals surface area contributed by atoms with Crippen molar-refractivity contribution < 1.29 is 0 Å². The molecule has 1 aromatic carbocycles. The summed E-state index contributed by atoms with van der Waals surface area (Å²) in [5, 5.41) is 9.21.